The summed E-state index contributed by atoms with van der Waals surface area (Å²) in [6.07, 6.45) is 1.33. The Morgan fingerprint density at radius 2 is 1.91 bits per heavy atom. The molecule has 1 heterocycles. The Hall–Kier alpha value is -2.79. The lowest BCUT2D eigenvalue weighted by Crippen LogP contribution is -2.20. The van der Waals surface area contributed by atoms with Crippen molar-refractivity contribution in [2.45, 2.75) is 6.54 Å². The van der Waals surface area contributed by atoms with E-state index in [0.29, 0.717) is 17.1 Å². The second kappa shape index (κ2) is 5.78. The van der Waals surface area contributed by atoms with E-state index < -0.39 is 11.4 Å². The summed E-state index contributed by atoms with van der Waals surface area (Å²) >= 11 is 6.17. The summed E-state index contributed by atoms with van der Waals surface area (Å²) in [4.78, 5) is 23.7. The van der Waals surface area contributed by atoms with Crippen molar-refractivity contribution in [3.63, 3.8) is 0 Å². The minimum Gasteiger partial charge on any atom is -0.477 e. The van der Waals surface area contributed by atoms with Gasteiger partial charge < -0.3 is 15.4 Å². The first-order valence-electron chi connectivity index (χ1n) is 6.87. The zero-order valence-electron chi connectivity index (χ0n) is 12.0. The van der Waals surface area contributed by atoms with Gasteiger partial charge in [0.25, 0.3) is 0 Å². The number of fused-ring (bicyclic) bond motifs is 1. The monoisotopic (exact) mass is 328 g/mol. The maximum atomic E-state index is 12.4. The molecule has 0 bridgehead atoms. The molecule has 23 heavy (non-hydrogen) atoms. The highest BCUT2D eigenvalue weighted by atomic mass is 35.5. The Morgan fingerprint density at radius 3 is 2.61 bits per heavy atom. The Balaban J connectivity index is 2.30. The van der Waals surface area contributed by atoms with Crippen LogP contribution >= 0.6 is 11.6 Å². The second-order valence-corrected chi connectivity index (χ2v) is 5.54. The Kier molecular flexibility index (Phi) is 3.80. The van der Waals surface area contributed by atoms with Gasteiger partial charge in [0.2, 0.25) is 5.43 Å². The molecule has 0 radical (unpaired) electrons. The SMILES string of the molecule is Nc1cccc2c1c(=O)c(C(=O)O)cn2Cc1ccccc1Cl. The van der Waals surface area contributed by atoms with Gasteiger partial charge in [-0.25, -0.2) is 4.79 Å². The highest BCUT2D eigenvalue weighted by molar-refractivity contribution is 6.31. The number of halogens is 1. The molecule has 0 spiro atoms. The average molecular weight is 329 g/mol. The molecule has 116 valence electrons. The van der Waals surface area contributed by atoms with Gasteiger partial charge in [0.15, 0.2) is 0 Å². The third-order valence-electron chi connectivity index (χ3n) is 3.67. The summed E-state index contributed by atoms with van der Waals surface area (Å²) in [6.45, 7) is 0.334. The van der Waals surface area contributed by atoms with Crippen molar-refractivity contribution in [3.05, 3.63) is 75.0 Å². The van der Waals surface area contributed by atoms with E-state index in [-0.39, 0.29) is 16.6 Å². The smallest absolute Gasteiger partial charge is 0.341 e. The van der Waals surface area contributed by atoms with Gasteiger partial charge in [0.05, 0.1) is 10.9 Å². The number of aromatic carboxylic acids is 1. The molecule has 0 unspecified atom stereocenters. The van der Waals surface area contributed by atoms with Gasteiger partial charge in [0.1, 0.15) is 5.56 Å². The van der Waals surface area contributed by atoms with E-state index in [9.17, 15) is 14.7 Å². The minimum atomic E-state index is -1.28. The fraction of sp³-hybridized carbons (Fsp3) is 0.0588. The largest absolute Gasteiger partial charge is 0.477 e. The normalized spacial score (nSPS) is 10.8. The molecule has 5 nitrogen and oxygen atoms in total. The van der Waals surface area contributed by atoms with Crippen molar-refractivity contribution in [2.75, 3.05) is 5.73 Å². The molecule has 3 aromatic rings. The summed E-state index contributed by atoms with van der Waals surface area (Å²) in [7, 11) is 0. The predicted molar refractivity (Wildman–Crippen MR) is 90.1 cm³/mol. The van der Waals surface area contributed by atoms with Crippen LogP contribution < -0.4 is 11.2 Å². The number of anilines is 1. The van der Waals surface area contributed by atoms with Gasteiger partial charge in [-0.1, -0.05) is 35.9 Å². The van der Waals surface area contributed by atoms with E-state index in [1.165, 1.54) is 6.20 Å². The van der Waals surface area contributed by atoms with E-state index in [1.807, 2.05) is 18.2 Å². The van der Waals surface area contributed by atoms with Gasteiger partial charge in [-0.15, -0.1) is 0 Å². The zero-order chi connectivity index (χ0) is 16.6. The van der Waals surface area contributed by atoms with E-state index in [0.717, 1.165) is 5.56 Å². The number of benzene rings is 2. The van der Waals surface area contributed by atoms with E-state index in [1.54, 1.807) is 28.8 Å². The second-order valence-electron chi connectivity index (χ2n) is 5.14. The lowest BCUT2D eigenvalue weighted by Gasteiger charge is -2.14. The number of carboxylic acid groups (broad SMARTS) is 1. The molecule has 0 aliphatic carbocycles. The van der Waals surface area contributed by atoms with Crippen molar-refractivity contribution >= 4 is 34.2 Å². The number of carboxylic acids is 1. The van der Waals surface area contributed by atoms with Crippen LogP contribution in [0.4, 0.5) is 5.69 Å². The van der Waals surface area contributed by atoms with Crippen LogP contribution in [0.15, 0.2) is 53.5 Å². The van der Waals surface area contributed by atoms with Crippen molar-refractivity contribution in [1.82, 2.24) is 4.57 Å². The third-order valence-corrected chi connectivity index (χ3v) is 4.04. The molecule has 0 fully saturated rings. The van der Waals surface area contributed by atoms with Crippen molar-refractivity contribution in [1.29, 1.82) is 0 Å². The molecule has 3 rings (SSSR count). The molecule has 1 aromatic heterocycles. The van der Waals surface area contributed by atoms with Crippen molar-refractivity contribution < 1.29 is 9.90 Å². The van der Waals surface area contributed by atoms with Gasteiger partial charge in [-0.2, -0.15) is 0 Å². The Bertz CT molecular complexity index is 979. The number of pyridine rings is 1. The lowest BCUT2D eigenvalue weighted by molar-refractivity contribution is 0.0695. The van der Waals surface area contributed by atoms with E-state index in [4.69, 9.17) is 17.3 Å². The van der Waals surface area contributed by atoms with Gasteiger partial charge in [0, 0.05) is 23.5 Å². The van der Waals surface area contributed by atoms with Crippen LogP contribution in [-0.4, -0.2) is 15.6 Å². The number of nitrogens with two attached hydrogens (primary N) is 1. The summed E-state index contributed by atoms with van der Waals surface area (Å²) in [6, 6.07) is 12.3. The summed E-state index contributed by atoms with van der Waals surface area (Å²) in [5, 5.41) is 10.1. The molecule has 3 N–H and O–H groups in total. The number of aromatic nitrogens is 1. The van der Waals surface area contributed by atoms with Crippen LogP contribution in [0.5, 0.6) is 0 Å². The number of hydrogen-bond donors (Lipinski definition) is 2. The Labute approximate surface area is 136 Å². The first-order chi connectivity index (χ1) is 11.0. The van der Waals surface area contributed by atoms with Gasteiger partial charge in [-0.3, -0.25) is 4.79 Å². The van der Waals surface area contributed by atoms with Crippen molar-refractivity contribution in [3.8, 4) is 0 Å². The van der Waals surface area contributed by atoms with Gasteiger partial charge in [-0.05, 0) is 23.8 Å². The number of hydrogen-bond acceptors (Lipinski definition) is 3. The van der Waals surface area contributed by atoms with E-state index in [2.05, 4.69) is 0 Å². The van der Waals surface area contributed by atoms with Gasteiger partial charge >= 0.3 is 5.97 Å². The first kappa shape index (κ1) is 15.1. The van der Waals surface area contributed by atoms with Crippen LogP contribution in [0.25, 0.3) is 10.9 Å². The molecule has 6 heteroatoms. The van der Waals surface area contributed by atoms with Crippen molar-refractivity contribution in [2.24, 2.45) is 0 Å². The maximum absolute atomic E-state index is 12.4. The summed E-state index contributed by atoms with van der Waals surface area (Å²) in [5.74, 6) is -1.28. The summed E-state index contributed by atoms with van der Waals surface area (Å²) in [5.41, 5.74) is 6.63. The molecule has 0 aliphatic heterocycles. The first-order valence-corrected chi connectivity index (χ1v) is 7.25. The molecule has 2 aromatic carbocycles. The minimum absolute atomic E-state index is 0.208. The molecule has 0 atom stereocenters. The van der Waals surface area contributed by atoms with E-state index >= 15 is 0 Å². The molecule has 0 saturated heterocycles. The lowest BCUT2D eigenvalue weighted by atomic mass is 10.1. The Morgan fingerprint density at radius 1 is 1.17 bits per heavy atom. The van der Waals surface area contributed by atoms with Crippen LogP contribution in [-0.2, 0) is 6.54 Å². The van der Waals surface area contributed by atoms with Crippen LogP contribution in [0.2, 0.25) is 5.02 Å². The fourth-order valence-corrected chi connectivity index (χ4v) is 2.75. The van der Waals surface area contributed by atoms with Crippen LogP contribution in [0, 0.1) is 0 Å². The van der Waals surface area contributed by atoms with Crippen LogP contribution in [0.3, 0.4) is 0 Å². The summed E-state index contributed by atoms with van der Waals surface area (Å²) < 4.78 is 1.68. The standard InChI is InChI=1S/C17H13ClN2O3/c18-12-5-2-1-4-10(12)8-20-9-11(17(22)23)16(21)15-13(19)6-3-7-14(15)20/h1-7,9H,8,19H2,(H,22,23). The average Bonchev–Trinajstić information content (AvgIpc) is 2.51. The highest BCUT2D eigenvalue weighted by Gasteiger charge is 2.16. The molecular formula is C17H13ClN2O3. The number of nitrogens with zero attached hydrogens (tertiary/aromatic N) is 1. The molecular weight excluding hydrogens is 316 g/mol. The molecule has 0 amide bonds. The topological polar surface area (TPSA) is 85.3 Å². The predicted octanol–water partition coefficient (Wildman–Crippen LogP) is 2.98. The number of carbonyl (C=O) groups is 1. The quantitative estimate of drug-likeness (QED) is 0.724. The fourth-order valence-electron chi connectivity index (χ4n) is 2.56. The highest BCUT2D eigenvalue weighted by Crippen LogP contribution is 2.22. The number of rotatable bonds is 3. The van der Waals surface area contributed by atoms with Crippen LogP contribution in [0.1, 0.15) is 15.9 Å². The molecule has 0 saturated carbocycles. The zero-order valence-corrected chi connectivity index (χ0v) is 12.7. The maximum Gasteiger partial charge on any atom is 0.341 e. The number of nitrogen functional groups attached to an aromatic ring is 1. The third kappa shape index (κ3) is 2.66. The molecule has 0 aliphatic rings.